The number of benzene rings is 3. The van der Waals surface area contributed by atoms with Crippen LogP contribution < -0.4 is 10.1 Å². The average Bonchev–Trinajstić information content (AvgIpc) is 2.84. The lowest BCUT2D eigenvalue weighted by Gasteiger charge is -2.22. The average molecular weight is 488 g/mol. The van der Waals surface area contributed by atoms with Gasteiger partial charge in [-0.1, -0.05) is 71.9 Å². The molecule has 1 amide bonds. The van der Waals surface area contributed by atoms with Gasteiger partial charge in [0.2, 0.25) is 11.8 Å². The maximum absolute atomic E-state index is 12.8. The molecule has 1 N–H and O–H groups in total. The number of carbonyl (C=O) groups excluding carboxylic acids is 1. The second kappa shape index (κ2) is 9.49. The van der Waals surface area contributed by atoms with Crippen LogP contribution in [0.4, 0.5) is 5.69 Å². The van der Waals surface area contributed by atoms with Gasteiger partial charge in [0.1, 0.15) is 10.8 Å². The molecular weight excluding hydrogens is 466 g/mol. The Morgan fingerprint density at radius 2 is 1.79 bits per heavy atom. The Hall–Kier alpha value is -3.35. The van der Waals surface area contributed by atoms with Crippen LogP contribution in [0.1, 0.15) is 22.3 Å². The van der Waals surface area contributed by atoms with Crippen molar-refractivity contribution in [3.63, 3.8) is 0 Å². The predicted molar refractivity (Wildman–Crippen MR) is 137 cm³/mol. The quantitative estimate of drug-likeness (QED) is 0.217. The second-order valence-electron chi connectivity index (χ2n) is 8.14. The van der Waals surface area contributed by atoms with Gasteiger partial charge in [0.05, 0.1) is 11.3 Å². The Balaban J connectivity index is 1.45. The van der Waals surface area contributed by atoms with Crippen molar-refractivity contribution in [3.8, 4) is 23.0 Å². The summed E-state index contributed by atoms with van der Waals surface area (Å²) < 4.78 is 6.15. The highest BCUT2D eigenvalue weighted by atomic mass is 35.5. The molecule has 0 fully saturated rings. The number of halogens is 1. The van der Waals surface area contributed by atoms with E-state index in [0.29, 0.717) is 23.1 Å². The molecule has 5 nitrogen and oxygen atoms in total. The zero-order valence-corrected chi connectivity index (χ0v) is 20.3. The minimum atomic E-state index is -0.0869. The number of ether oxygens (including phenoxy) is 1. The number of nitrogens with zero attached hydrogens (tertiary/aromatic N) is 2. The van der Waals surface area contributed by atoms with E-state index in [1.807, 2.05) is 74.5 Å². The fraction of sp³-hybridized carbons (Fsp3) is 0.148. The van der Waals surface area contributed by atoms with Crippen LogP contribution in [0.2, 0.25) is 5.02 Å². The third-order valence-electron chi connectivity index (χ3n) is 5.65. The Morgan fingerprint density at radius 1 is 1.03 bits per heavy atom. The topological polar surface area (TPSA) is 64.1 Å². The van der Waals surface area contributed by atoms with Crippen molar-refractivity contribution >= 4 is 35.0 Å². The van der Waals surface area contributed by atoms with E-state index in [2.05, 4.69) is 5.32 Å². The van der Waals surface area contributed by atoms with Crippen molar-refractivity contribution < 1.29 is 9.53 Å². The standard InChI is InChI=1S/C27H22ClN3O2S/c1-16-7-6-8-17(2)24(16)29-23(32)15-34-27-21-14-19-13-20(28)11-12-22(19)33-26(21)30-25(31-27)18-9-4-3-5-10-18/h3-13H,14-15H2,1-2H3,(H,29,32). The summed E-state index contributed by atoms with van der Waals surface area (Å²) in [5.41, 5.74) is 5.64. The number of rotatable bonds is 5. The number of aromatic nitrogens is 2. The summed E-state index contributed by atoms with van der Waals surface area (Å²) in [6.45, 7) is 3.98. The summed E-state index contributed by atoms with van der Waals surface area (Å²) in [5.74, 6) is 1.94. The summed E-state index contributed by atoms with van der Waals surface area (Å²) in [5, 5.41) is 4.42. The molecule has 1 aromatic heterocycles. The molecule has 4 aromatic rings. The van der Waals surface area contributed by atoms with Gasteiger partial charge in [-0.05, 0) is 43.2 Å². The van der Waals surface area contributed by atoms with Gasteiger partial charge in [0, 0.05) is 28.3 Å². The third kappa shape index (κ3) is 4.65. The Bertz CT molecular complexity index is 1370. The van der Waals surface area contributed by atoms with Crippen molar-refractivity contribution in [2.24, 2.45) is 0 Å². The molecule has 34 heavy (non-hydrogen) atoms. The molecule has 0 saturated heterocycles. The molecule has 0 saturated carbocycles. The lowest BCUT2D eigenvalue weighted by molar-refractivity contribution is -0.113. The Morgan fingerprint density at radius 3 is 2.56 bits per heavy atom. The van der Waals surface area contributed by atoms with Gasteiger partial charge >= 0.3 is 0 Å². The number of aryl methyl sites for hydroxylation is 2. The second-order valence-corrected chi connectivity index (χ2v) is 9.54. The smallest absolute Gasteiger partial charge is 0.234 e. The van der Waals surface area contributed by atoms with Crippen LogP contribution in [-0.2, 0) is 11.2 Å². The van der Waals surface area contributed by atoms with E-state index < -0.39 is 0 Å². The number of thioether (sulfide) groups is 1. The van der Waals surface area contributed by atoms with E-state index in [9.17, 15) is 4.79 Å². The minimum absolute atomic E-state index is 0.0869. The zero-order valence-electron chi connectivity index (χ0n) is 18.8. The fourth-order valence-electron chi connectivity index (χ4n) is 3.92. The number of amides is 1. The first-order chi connectivity index (χ1) is 16.5. The predicted octanol–water partition coefficient (Wildman–Crippen LogP) is 6.84. The van der Waals surface area contributed by atoms with Gasteiger partial charge in [0.15, 0.2) is 5.82 Å². The van der Waals surface area contributed by atoms with Crippen molar-refractivity contribution in [1.29, 1.82) is 0 Å². The number of nitrogens with one attached hydrogen (secondary N) is 1. The molecule has 2 heterocycles. The summed E-state index contributed by atoms with van der Waals surface area (Å²) >= 11 is 7.59. The first-order valence-electron chi connectivity index (χ1n) is 10.9. The fourth-order valence-corrected chi connectivity index (χ4v) is 4.94. The van der Waals surface area contributed by atoms with E-state index >= 15 is 0 Å². The lowest BCUT2D eigenvalue weighted by atomic mass is 10.0. The number of hydrogen-bond acceptors (Lipinski definition) is 5. The molecule has 0 bridgehead atoms. The Labute approximate surface area is 207 Å². The normalized spacial score (nSPS) is 11.9. The molecular formula is C27H22ClN3O2S. The number of hydrogen-bond donors (Lipinski definition) is 1. The number of para-hydroxylation sites is 1. The van der Waals surface area contributed by atoms with Crippen molar-refractivity contribution in [2.75, 3.05) is 11.1 Å². The maximum atomic E-state index is 12.8. The van der Waals surface area contributed by atoms with Crippen LogP contribution in [0, 0.1) is 13.8 Å². The van der Waals surface area contributed by atoms with Crippen molar-refractivity contribution in [1.82, 2.24) is 9.97 Å². The van der Waals surface area contributed by atoms with Gasteiger partial charge < -0.3 is 10.1 Å². The lowest BCUT2D eigenvalue weighted by Crippen LogP contribution is -2.16. The van der Waals surface area contributed by atoms with Crippen LogP contribution in [0.3, 0.4) is 0 Å². The van der Waals surface area contributed by atoms with Crippen LogP contribution >= 0.6 is 23.4 Å². The molecule has 5 rings (SSSR count). The molecule has 7 heteroatoms. The summed E-state index contributed by atoms with van der Waals surface area (Å²) in [6.07, 6.45) is 0.584. The monoisotopic (exact) mass is 487 g/mol. The molecule has 0 atom stereocenters. The van der Waals surface area contributed by atoms with E-state index in [4.69, 9.17) is 26.3 Å². The van der Waals surface area contributed by atoms with Gasteiger partial charge in [-0.3, -0.25) is 4.79 Å². The first-order valence-corrected chi connectivity index (χ1v) is 12.3. The zero-order chi connectivity index (χ0) is 23.7. The van der Waals surface area contributed by atoms with Crippen molar-refractivity contribution in [3.05, 3.63) is 94.0 Å². The van der Waals surface area contributed by atoms with E-state index in [1.54, 1.807) is 6.07 Å². The molecule has 0 radical (unpaired) electrons. The molecule has 1 aliphatic rings. The summed E-state index contributed by atoms with van der Waals surface area (Å²) in [4.78, 5) is 22.4. The first kappa shape index (κ1) is 22.4. The molecule has 0 aliphatic carbocycles. The molecule has 170 valence electrons. The van der Waals surface area contributed by atoms with E-state index in [1.165, 1.54) is 11.8 Å². The highest BCUT2D eigenvalue weighted by molar-refractivity contribution is 8.00. The van der Waals surface area contributed by atoms with Crippen LogP contribution in [0.5, 0.6) is 11.6 Å². The molecule has 0 unspecified atom stereocenters. The number of anilines is 1. The van der Waals surface area contributed by atoms with E-state index in [-0.39, 0.29) is 11.7 Å². The highest BCUT2D eigenvalue weighted by Crippen LogP contribution is 2.41. The van der Waals surface area contributed by atoms with Gasteiger partial charge in [-0.2, -0.15) is 4.98 Å². The largest absolute Gasteiger partial charge is 0.438 e. The summed E-state index contributed by atoms with van der Waals surface area (Å²) in [6, 6.07) is 21.3. The van der Waals surface area contributed by atoms with Gasteiger partial charge in [-0.25, -0.2) is 4.98 Å². The van der Waals surface area contributed by atoms with Crippen LogP contribution in [0.25, 0.3) is 11.4 Å². The maximum Gasteiger partial charge on any atom is 0.234 e. The SMILES string of the molecule is Cc1cccc(C)c1NC(=O)CSc1nc(-c2ccccc2)nc2c1Cc1cc(Cl)ccc1O2. The van der Waals surface area contributed by atoms with E-state index in [0.717, 1.165) is 44.3 Å². The minimum Gasteiger partial charge on any atom is -0.438 e. The molecule has 1 aliphatic heterocycles. The van der Waals surface area contributed by atoms with Gasteiger partial charge in [-0.15, -0.1) is 0 Å². The number of carbonyl (C=O) groups is 1. The molecule has 3 aromatic carbocycles. The third-order valence-corrected chi connectivity index (χ3v) is 6.90. The summed E-state index contributed by atoms with van der Waals surface area (Å²) in [7, 11) is 0. The molecule has 0 spiro atoms. The van der Waals surface area contributed by atoms with Crippen molar-refractivity contribution in [2.45, 2.75) is 25.3 Å². The highest BCUT2D eigenvalue weighted by Gasteiger charge is 2.25. The van der Waals surface area contributed by atoms with Gasteiger partial charge in [0.25, 0.3) is 0 Å². The van der Waals surface area contributed by atoms with Crippen LogP contribution in [-0.4, -0.2) is 21.6 Å². The van der Waals surface area contributed by atoms with Crippen LogP contribution in [0.15, 0.2) is 71.8 Å². The Kier molecular flexibility index (Phi) is 6.26. The number of fused-ring (bicyclic) bond motifs is 2.